The first-order chi connectivity index (χ1) is 25.8. The highest BCUT2D eigenvalue weighted by Gasteiger charge is 2.26. The van der Waals surface area contributed by atoms with Crippen molar-refractivity contribution in [2.24, 2.45) is 0 Å². The van der Waals surface area contributed by atoms with Crippen LogP contribution in [0.4, 0.5) is 17.1 Å². The molecule has 0 fully saturated rings. The van der Waals surface area contributed by atoms with Gasteiger partial charge in [-0.3, -0.25) is 0 Å². The average Bonchev–Trinajstić information content (AvgIpc) is 3.72. The van der Waals surface area contributed by atoms with Crippen molar-refractivity contribution < 1.29 is 0 Å². The van der Waals surface area contributed by atoms with Crippen molar-refractivity contribution >= 4 is 60.4 Å². The zero-order valence-electron chi connectivity index (χ0n) is 28.4. The Morgan fingerprint density at radius 2 is 0.981 bits per heavy atom. The van der Waals surface area contributed by atoms with Crippen LogP contribution in [0.2, 0.25) is 0 Å². The fourth-order valence-electron chi connectivity index (χ4n) is 8.57. The van der Waals surface area contributed by atoms with E-state index in [0.717, 1.165) is 22.7 Å². The molecule has 1 aromatic heterocycles. The molecule has 1 heterocycles. The van der Waals surface area contributed by atoms with Crippen LogP contribution in [0.1, 0.15) is 0 Å². The van der Waals surface area contributed by atoms with E-state index in [1.54, 1.807) is 0 Å². The maximum absolute atomic E-state index is 2.42. The molecule has 1 aliphatic carbocycles. The van der Waals surface area contributed by atoms with E-state index in [9.17, 15) is 0 Å². The summed E-state index contributed by atoms with van der Waals surface area (Å²) in [7, 11) is 0. The number of benzene rings is 9. The summed E-state index contributed by atoms with van der Waals surface area (Å²) < 4.78 is 2.40. The van der Waals surface area contributed by atoms with Crippen molar-refractivity contribution in [2.75, 3.05) is 4.90 Å². The van der Waals surface area contributed by atoms with Crippen molar-refractivity contribution in [2.45, 2.75) is 0 Å². The minimum atomic E-state index is 1.11. The molecule has 0 N–H and O–H groups in total. The van der Waals surface area contributed by atoms with E-state index >= 15 is 0 Å². The third-order valence-corrected chi connectivity index (χ3v) is 10.9. The number of hydrogen-bond donors (Lipinski definition) is 0. The van der Waals surface area contributed by atoms with Crippen LogP contribution in [-0.4, -0.2) is 4.57 Å². The number of hydrogen-bond acceptors (Lipinski definition) is 1. The van der Waals surface area contributed by atoms with Gasteiger partial charge in [-0.1, -0.05) is 133 Å². The first-order valence-corrected chi connectivity index (χ1v) is 17.9. The molecule has 0 saturated carbocycles. The molecule has 0 amide bonds. The molecule has 0 spiro atoms. The summed E-state index contributed by atoms with van der Waals surface area (Å²) in [5, 5.41) is 7.70. The molecule has 242 valence electrons. The van der Waals surface area contributed by atoms with Gasteiger partial charge in [0.2, 0.25) is 0 Å². The minimum Gasteiger partial charge on any atom is -0.310 e. The highest BCUT2D eigenvalue weighted by atomic mass is 15.1. The van der Waals surface area contributed by atoms with Crippen molar-refractivity contribution in [1.82, 2.24) is 4.57 Å². The Morgan fingerprint density at radius 3 is 1.83 bits per heavy atom. The summed E-state index contributed by atoms with van der Waals surface area (Å²) in [5.74, 6) is 0. The highest BCUT2D eigenvalue weighted by molar-refractivity contribution is 6.24. The smallest absolute Gasteiger partial charge is 0.0561 e. The van der Waals surface area contributed by atoms with E-state index < -0.39 is 0 Å². The fraction of sp³-hybridized carbons (Fsp3) is 0. The first kappa shape index (κ1) is 28.9. The highest BCUT2D eigenvalue weighted by Crippen LogP contribution is 2.52. The van der Waals surface area contributed by atoms with E-state index in [-0.39, 0.29) is 0 Å². The molecule has 0 radical (unpaired) electrons. The normalized spacial score (nSPS) is 11.8. The molecule has 10 aromatic rings. The topological polar surface area (TPSA) is 8.17 Å². The molecule has 0 unspecified atom stereocenters. The van der Waals surface area contributed by atoms with Gasteiger partial charge in [-0.2, -0.15) is 0 Å². The van der Waals surface area contributed by atoms with E-state index in [1.165, 1.54) is 76.7 Å². The fourth-order valence-corrected chi connectivity index (χ4v) is 8.57. The Kier molecular flexibility index (Phi) is 6.28. The van der Waals surface area contributed by atoms with Gasteiger partial charge in [0.1, 0.15) is 0 Å². The maximum atomic E-state index is 2.42. The van der Waals surface area contributed by atoms with E-state index in [4.69, 9.17) is 0 Å². The standard InChI is InChI=1S/C50H32N2/c1-3-12-33(13-4-1)34-22-24-38(25-23-34)51(40-27-29-44-43-19-9-10-21-47(43)52(48(44)32-40)37-16-5-2-6-17-37)39-26-28-42-45-20-11-15-36-30-35-14-7-8-18-41(35)50(49(36)45)46(42)31-39/h1-32H. The van der Waals surface area contributed by atoms with Crippen molar-refractivity contribution in [3.63, 3.8) is 0 Å². The zero-order chi connectivity index (χ0) is 34.2. The Balaban J connectivity index is 1.16. The minimum absolute atomic E-state index is 1.11. The lowest BCUT2D eigenvalue weighted by Crippen LogP contribution is -2.10. The van der Waals surface area contributed by atoms with Gasteiger partial charge in [0.15, 0.2) is 0 Å². The SMILES string of the molecule is c1ccc(-c2ccc(N(c3ccc4c(c3)-c3c5ccccc5cc5cccc-4c35)c3ccc4c5ccccc5n(-c5ccccc5)c4c3)cc2)cc1. The lowest BCUT2D eigenvalue weighted by Gasteiger charge is -2.27. The van der Waals surface area contributed by atoms with Gasteiger partial charge in [0, 0.05) is 33.5 Å². The largest absolute Gasteiger partial charge is 0.310 e. The molecule has 52 heavy (non-hydrogen) atoms. The number of anilines is 3. The van der Waals surface area contributed by atoms with E-state index in [2.05, 4.69) is 204 Å². The molecule has 11 rings (SSSR count). The summed E-state index contributed by atoms with van der Waals surface area (Å²) >= 11 is 0. The molecule has 2 heteroatoms. The zero-order valence-corrected chi connectivity index (χ0v) is 28.4. The van der Waals surface area contributed by atoms with Crippen LogP contribution in [0, 0.1) is 0 Å². The first-order valence-electron chi connectivity index (χ1n) is 17.9. The molecule has 0 aliphatic heterocycles. The summed E-state index contributed by atoms with van der Waals surface area (Å²) in [6.07, 6.45) is 0. The summed E-state index contributed by atoms with van der Waals surface area (Å²) in [4.78, 5) is 2.42. The van der Waals surface area contributed by atoms with E-state index in [1.807, 2.05) is 0 Å². The number of aromatic nitrogens is 1. The van der Waals surface area contributed by atoms with Gasteiger partial charge in [-0.05, 0) is 116 Å². The summed E-state index contributed by atoms with van der Waals surface area (Å²) in [6, 6.07) is 71.0. The molecular weight excluding hydrogens is 629 g/mol. The van der Waals surface area contributed by atoms with Gasteiger partial charge in [-0.25, -0.2) is 0 Å². The molecule has 0 bridgehead atoms. The Labute approximate surface area is 302 Å². The molecule has 1 aliphatic rings. The second-order valence-electron chi connectivity index (χ2n) is 13.7. The van der Waals surface area contributed by atoms with Crippen LogP contribution < -0.4 is 4.90 Å². The molecule has 9 aromatic carbocycles. The van der Waals surface area contributed by atoms with Crippen molar-refractivity contribution in [1.29, 1.82) is 0 Å². The van der Waals surface area contributed by atoms with Gasteiger partial charge >= 0.3 is 0 Å². The number of para-hydroxylation sites is 2. The van der Waals surface area contributed by atoms with Crippen LogP contribution >= 0.6 is 0 Å². The summed E-state index contributed by atoms with van der Waals surface area (Å²) in [5.41, 5.74) is 14.5. The van der Waals surface area contributed by atoms with Gasteiger partial charge in [0.05, 0.1) is 11.0 Å². The van der Waals surface area contributed by atoms with Crippen LogP contribution in [0.5, 0.6) is 0 Å². The van der Waals surface area contributed by atoms with Crippen molar-refractivity contribution in [3.8, 4) is 39.1 Å². The molecule has 0 atom stereocenters. The van der Waals surface area contributed by atoms with Gasteiger partial charge in [-0.15, -0.1) is 0 Å². The molecule has 2 nitrogen and oxygen atoms in total. The van der Waals surface area contributed by atoms with Crippen LogP contribution in [0.15, 0.2) is 194 Å². The predicted molar refractivity (Wildman–Crippen MR) is 220 cm³/mol. The third kappa shape index (κ3) is 4.31. The number of fused-ring (bicyclic) bond motifs is 8. The second-order valence-corrected chi connectivity index (χ2v) is 13.7. The predicted octanol–water partition coefficient (Wildman–Crippen LogP) is 13.9. The van der Waals surface area contributed by atoms with Gasteiger partial charge < -0.3 is 9.47 Å². The quantitative estimate of drug-likeness (QED) is 0.167. The van der Waals surface area contributed by atoms with E-state index in [0.29, 0.717) is 0 Å². The maximum Gasteiger partial charge on any atom is 0.0561 e. The van der Waals surface area contributed by atoms with Crippen LogP contribution in [-0.2, 0) is 0 Å². The second kappa shape index (κ2) is 11.3. The average molecular weight is 661 g/mol. The van der Waals surface area contributed by atoms with Crippen LogP contribution in [0.25, 0.3) is 82.4 Å². The lowest BCUT2D eigenvalue weighted by molar-refractivity contribution is 1.18. The number of nitrogens with zero attached hydrogens (tertiary/aromatic N) is 2. The Hall–Kier alpha value is -6.90. The van der Waals surface area contributed by atoms with Crippen LogP contribution in [0.3, 0.4) is 0 Å². The molecule has 0 saturated heterocycles. The number of rotatable bonds is 5. The Morgan fingerprint density at radius 1 is 0.346 bits per heavy atom. The monoisotopic (exact) mass is 660 g/mol. The lowest BCUT2D eigenvalue weighted by atomic mass is 9.95. The van der Waals surface area contributed by atoms with Crippen molar-refractivity contribution in [3.05, 3.63) is 194 Å². The van der Waals surface area contributed by atoms with Gasteiger partial charge in [0.25, 0.3) is 0 Å². The summed E-state index contributed by atoms with van der Waals surface area (Å²) in [6.45, 7) is 0. The molecular formula is C50H32N2. The third-order valence-electron chi connectivity index (χ3n) is 10.9. The Bertz CT molecular complexity index is 2990.